The van der Waals surface area contributed by atoms with Gasteiger partial charge in [-0.2, -0.15) is 0 Å². The van der Waals surface area contributed by atoms with Gasteiger partial charge in [0.25, 0.3) is 0 Å². The van der Waals surface area contributed by atoms with Gasteiger partial charge in [0.15, 0.2) is 0 Å². The molecule has 2 aromatic rings. The highest BCUT2D eigenvalue weighted by molar-refractivity contribution is 7.89. The van der Waals surface area contributed by atoms with Crippen LogP contribution in [0.2, 0.25) is 0 Å². The van der Waals surface area contributed by atoms with Crippen molar-refractivity contribution in [1.82, 2.24) is 4.72 Å². The van der Waals surface area contributed by atoms with Crippen LogP contribution >= 0.6 is 0 Å². The molecule has 106 valence electrons. The van der Waals surface area contributed by atoms with Crippen molar-refractivity contribution in [3.05, 3.63) is 59.2 Å². The first-order valence-electron chi connectivity index (χ1n) is 6.24. The van der Waals surface area contributed by atoms with E-state index in [1.807, 2.05) is 30.3 Å². The molecule has 0 saturated heterocycles. The molecule has 2 N–H and O–H groups in total. The summed E-state index contributed by atoms with van der Waals surface area (Å²) in [5.74, 6) is 0.131. The van der Waals surface area contributed by atoms with Crippen molar-refractivity contribution in [2.75, 3.05) is 0 Å². The first kappa shape index (κ1) is 14.6. The van der Waals surface area contributed by atoms with Crippen molar-refractivity contribution >= 4 is 10.0 Å². The van der Waals surface area contributed by atoms with E-state index in [1.54, 1.807) is 13.8 Å². The Kier molecular flexibility index (Phi) is 4.11. The van der Waals surface area contributed by atoms with Crippen LogP contribution in [0.1, 0.15) is 16.7 Å². The van der Waals surface area contributed by atoms with Crippen molar-refractivity contribution < 1.29 is 13.5 Å². The van der Waals surface area contributed by atoms with Gasteiger partial charge in [0.2, 0.25) is 10.0 Å². The second-order valence-electron chi connectivity index (χ2n) is 4.72. The summed E-state index contributed by atoms with van der Waals surface area (Å²) < 4.78 is 27.0. The summed E-state index contributed by atoms with van der Waals surface area (Å²) in [5, 5.41) is 9.69. The Labute approximate surface area is 119 Å². The van der Waals surface area contributed by atoms with Gasteiger partial charge in [-0.25, -0.2) is 13.1 Å². The highest BCUT2D eigenvalue weighted by atomic mass is 32.2. The van der Waals surface area contributed by atoms with Gasteiger partial charge in [-0.15, -0.1) is 0 Å². The molecule has 0 spiro atoms. The van der Waals surface area contributed by atoms with Crippen molar-refractivity contribution in [2.24, 2.45) is 0 Å². The molecule has 0 unspecified atom stereocenters. The number of sulfonamides is 1. The molecule has 5 heteroatoms. The minimum atomic E-state index is -3.58. The molecule has 0 atom stereocenters. The Morgan fingerprint density at radius 3 is 2.15 bits per heavy atom. The maximum atomic E-state index is 12.2. The monoisotopic (exact) mass is 291 g/mol. The summed E-state index contributed by atoms with van der Waals surface area (Å²) in [6.07, 6.45) is 0. The predicted octanol–water partition coefficient (Wildman–Crippen LogP) is 2.49. The zero-order valence-electron chi connectivity index (χ0n) is 11.4. The molecule has 2 aromatic carbocycles. The summed E-state index contributed by atoms with van der Waals surface area (Å²) in [6.45, 7) is 3.60. The molecule has 20 heavy (non-hydrogen) atoms. The smallest absolute Gasteiger partial charge is 0.240 e. The topological polar surface area (TPSA) is 66.4 Å². The number of hydrogen-bond donors (Lipinski definition) is 2. The van der Waals surface area contributed by atoms with Crippen LogP contribution in [0.5, 0.6) is 5.75 Å². The third-order valence-electron chi connectivity index (χ3n) is 3.08. The van der Waals surface area contributed by atoms with Gasteiger partial charge in [0.05, 0.1) is 4.90 Å². The zero-order chi connectivity index (χ0) is 14.8. The number of rotatable bonds is 4. The molecule has 0 amide bonds. The quantitative estimate of drug-likeness (QED) is 0.909. The average Bonchev–Trinajstić information content (AvgIpc) is 2.43. The standard InChI is InChI=1S/C15H17NO3S/c1-11-8-14(9-12(2)15(11)17)20(18,19)16-10-13-6-4-3-5-7-13/h3-9,16-17H,10H2,1-2H3. The fraction of sp³-hybridized carbons (Fsp3) is 0.200. The molecular weight excluding hydrogens is 274 g/mol. The summed E-state index contributed by atoms with van der Waals surface area (Å²) in [4.78, 5) is 0.168. The SMILES string of the molecule is Cc1cc(S(=O)(=O)NCc2ccccc2)cc(C)c1O. The zero-order valence-corrected chi connectivity index (χ0v) is 12.2. The van der Waals surface area contributed by atoms with E-state index in [4.69, 9.17) is 0 Å². The second kappa shape index (κ2) is 5.64. The molecule has 0 saturated carbocycles. The Hall–Kier alpha value is -1.85. The van der Waals surface area contributed by atoms with Gasteiger partial charge >= 0.3 is 0 Å². The Balaban J connectivity index is 2.23. The number of benzene rings is 2. The molecule has 0 aliphatic rings. The highest BCUT2D eigenvalue weighted by Crippen LogP contribution is 2.25. The summed E-state index contributed by atoms with van der Waals surface area (Å²) in [6, 6.07) is 12.2. The fourth-order valence-corrected chi connectivity index (χ4v) is 3.12. The van der Waals surface area contributed by atoms with Crippen molar-refractivity contribution in [3.8, 4) is 5.75 Å². The predicted molar refractivity (Wildman–Crippen MR) is 78.0 cm³/mol. The maximum absolute atomic E-state index is 12.2. The molecule has 0 radical (unpaired) electrons. The van der Waals surface area contributed by atoms with Crippen LogP contribution in [0.4, 0.5) is 0 Å². The lowest BCUT2D eigenvalue weighted by Crippen LogP contribution is -2.23. The number of nitrogens with one attached hydrogen (secondary N) is 1. The molecule has 4 nitrogen and oxygen atoms in total. The summed E-state index contributed by atoms with van der Waals surface area (Å²) in [5.41, 5.74) is 1.98. The van der Waals surface area contributed by atoms with Gasteiger partial charge in [0, 0.05) is 6.54 Å². The minimum Gasteiger partial charge on any atom is -0.507 e. The first-order valence-corrected chi connectivity index (χ1v) is 7.72. The van der Waals surface area contributed by atoms with Crippen molar-refractivity contribution in [2.45, 2.75) is 25.3 Å². The average molecular weight is 291 g/mol. The molecule has 0 bridgehead atoms. The molecular formula is C15H17NO3S. The van der Waals surface area contributed by atoms with Crippen LogP contribution in [0.15, 0.2) is 47.4 Å². The van der Waals surface area contributed by atoms with Crippen LogP contribution in [0.3, 0.4) is 0 Å². The van der Waals surface area contributed by atoms with E-state index in [0.29, 0.717) is 11.1 Å². The van der Waals surface area contributed by atoms with E-state index in [9.17, 15) is 13.5 Å². The van der Waals surface area contributed by atoms with Gasteiger partial charge in [-0.1, -0.05) is 30.3 Å². The van der Waals surface area contributed by atoms with Crippen molar-refractivity contribution in [1.29, 1.82) is 0 Å². The van der Waals surface area contributed by atoms with E-state index in [0.717, 1.165) is 5.56 Å². The molecule has 0 aliphatic heterocycles. The molecule has 2 rings (SSSR count). The van der Waals surface area contributed by atoms with Crippen LogP contribution in [0.25, 0.3) is 0 Å². The van der Waals surface area contributed by atoms with Crippen LogP contribution < -0.4 is 4.72 Å². The summed E-state index contributed by atoms with van der Waals surface area (Å²) in [7, 11) is -3.58. The van der Waals surface area contributed by atoms with E-state index >= 15 is 0 Å². The molecule has 0 heterocycles. The number of aromatic hydroxyl groups is 1. The number of hydrogen-bond acceptors (Lipinski definition) is 3. The van der Waals surface area contributed by atoms with Gasteiger partial charge in [0.1, 0.15) is 5.75 Å². The van der Waals surface area contributed by atoms with Crippen LogP contribution in [-0.2, 0) is 16.6 Å². The molecule has 0 fully saturated rings. The van der Waals surface area contributed by atoms with Gasteiger partial charge in [-0.05, 0) is 42.7 Å². The Morgan fingerprint density at radius 2 is 1.60 bits per heavy atom. The van der Waals surface area contributed by atoms with Crippen LogP contribution in [0, 0.1) is 13.8 Å². The normalized spacial score (nSPS) is 11.5. The number of phenols is 1. The van der Waals surface area contributed by atoms with E-state index in [1.165, 1.54) is 12.1 Å². The van der Waals surface area contributed by atoms with Gasteiger partial charge < -0.3 is 5.11 Å². The molecule has 0 aromatic heterocycles. The third-order valence-corrected chi connectivity index (χ3v) is 4.46. The van der Waals surface area contributed by atoms with Gasteiger partial charge in [-0.3, -0.25) is 0 Å². The maximum Gasteiger partial charge on any atom is 0.240 e. The third kappa shape index (κ3) is 3.18. The highest BCUT2D eigenvalue weighted by Gasteiger charge is 2.16. The lowest BCUT2D eigenvalue weighted by Gasteiger charge is -2.10. The number of aryl methyl sites for hydroxylation is 2. The van der Waals surface area contributed by atoms with Crippen LogP contribution in [-0.4, -0.2) is 13.5 Å². The number of phenolic OH excluding ortho intramolecular Hbond substituents is 1. The Bertz CT molecular complexity index is 686. The largest absolute Gasteiger partial charge is 0.507 e. The molecule has 0 aliphatic carbocycles. The fourth-order valence-electron chi connectivity index (χ4n) is 1.93. The van der Waals surface area contributed by atoms with E-state index in [2.05, 4.69) is 4.72 Å². The lowest BCUT2D eigenvalue weighted by molar-refractivity contribution is 0.466. The lowest BCUT2D eigenvalue weighted by atomic mass is 10.1. The van der Waals surface area contributed by atoms with E-state index < -0.39 is 10.0 Å². The van der Waals surface area contributed by atoms with Crippen molar-refractivity contribution in [3.63, 3.8) is 0 Å². The minimum absolute atomic E-state index is 0.131. The van der Waals surface area contributed by atoms with E-state index in [-0.39, 0.29) is 17.2 Å². The second-order valence-corrected chi connectivity index (χ2v) is 6.48. The first-order chi connectivity index (χ1) is 9.40. The Morgan fingerprint density at radius 1 is 1.05 bits per heavy atom. The summed E-state index contributed by atoms with van der Waals surface area (Å²) >= 11 is 0.